The number of nitrogens with zero attached hydrogens (tertiary/aromatic N) is 2. The van der Waals surface area contributed by atoms with Crippen molar-refractivity contribution in [3.63, 3.8) is 0 Å². The van der Waals surface area contributed by atoms with Gasteiger partial charge in [-0.2, -0.15) is 0 Å². The second kappa shape index (κ2) is 9.97. The molecule has 2 amide bonds. The van der Waals surface area contributed by atoms with Crippen LogP contribution in [0.15, 0.2) is 63.7 Å². The first-order valence-electron chi connectivity index (χ1n) is 9.21. The van der Waals surface area contributed by atoms with E-state index in [2.05, 4.69) is 10.5 Å². The number of benzene rings is 1. The Morgan fingerprint density at radius 2 is 1.97 bits per heavy atom. The smallest absolute Gasteiger partial charge is 0.238 e. The molecule has 2 aromatic heterocycles. The van der Waals surface area contributed by atoms with Crippen LogP contribution in [-0.4, -0.2) is 32.9 Å². The number of anilines is 1. The lowest BCUT2D eigenvalue weighted by atomic mass is 10.2. The normalized spacial score (nSPS) is 11.8. The van der Waals surface area contributed by atoms with Gasteiger partial charge in [0.2, 0.25) is 11.8 Å². The van der Waals surface area contributed by atoms with Crippen LogP contribution in [0.25, 0.3) is 0 Å². The van der Waals surface area contributed by atoms with E-state index < -0.39 is 5.25 Å². The average Bonchev–Trinajstić information content (AvgIpc) is 3.37. The van der Waals surface area contributed by atoms with Crippen LogP contribution in [0, 0.1) is 6.92 Å². The molecule has 29 heavy (non-hydrogen) atoms. The van der Waals surface area contributed by atoms with Crippen molar-refractivity contribution in [1.82, 2.24) is 10.1 Å². The Hall–Kier alpha value is -3.00. The highest BCUT2D eigenvalue weighted by Gasteiger charge is 2.20. The number of rotatable bonds is 9. The molecule has 0 radical (unpaired) electrons. The van der Waals surface area contributed by atoms with Crippen molar-refractivity contribution >= 4 is 29.4 Å². The Kier molecular flexibility index (Phi) is 7.13. The van der Waals surface area contributed by atoms with Crippen molar-refractivity contribution in [3.05, 3.63) is 71.9 Å². The van der Waals surface area contributed by atoms with Crippen LogP contribution in [-0.2, 0) is 22.7 Å². The van der Waals surface area contributed by atoms with E-state index in [4.69, 9.17) is 8.94 Å². The van der Waals surface area contributed by atoms with Gasteiger partial charge in [-0.1, -0.05) is 35.5 Å². The molecule has 3 aromatic rings. The number of carbonyl (C=O) groups excluding carboxylic acids is 2. The number of carbonyl (C=O) groups is 2. The highest BCUT2D eigenvalue weighted by Crippen LogP contribution is 2.17. The fraction of sp³-hybridized carbons (Fsp3) is 0.286. The van der Waals surface area contributed by atoms with Gasteiger partial charge in [0.15, 0.2) is 5.82 Å². The van der Waals surface area contributed by atoms with Gasteiger partial charge in [-0.25, -0.2) is 0 Å². The van der Waals surface area contributed by atoms with Gasteiger partial charge in [0.1, 0.15) is 11.5 Å². The van der Waals surface area contributed by atoms with Gasteiger partial charge < -0.3 is 19.2 Å². The molecule has 1 atom stereocenters. The quantitative estimate of drug-likeness (QED) is 0.573. The number of hydrogen-bond acceptors (Lipinski definition) is 6. The SMILES string of the molecule is Cc1cc(NC(=O)C(C)SCC(=O)N(Cc2ccccc2)Cc2ccco2)no1. The summed E-state index contributed by atoms with van der Waals surface area (Å²) in [5.41, 5.74) is 1.03. The van der Waals surface area contributed by atoms with Crippen molar-refractivity contribution < 1.29 is 18.5 Å². The summed E-state index contributed by atoms with van der Waals surface area (Å²) in [6.07, 6.45) is 1.59. The predicted octanol–water partition coefficient (Wildman–Crippen LogP) is 3.87. The van der Waals surface area contributed by atoms with Crippen LogP contribution in [0.4, 0.5) is 5.82 Å². The first-order chi connectivity index (χ1) is 14.0. The molecule has 0 bridgehead atoms. The fourth-order valence-corrected chi connectivity index (χ4v) is 3.43. The van der Waals surface area contributed by atoms with Crippen LogP contribution in [0.2, 0.25) is 0 Å². The van der Waals surface area contributed by atoms with Crippen LogP contribution in [0.5, 0.6) is 0 Å². The number of nitrogens with one attached hydrogen (secondary N) is 1. The summed E-state index contributed by atoms with van der Waals surface area (Å²) >= 11 is 1.28. The molecule has 1 aromatic carbocycles. The van der Waals surface area contributed by atoms with E-state index >= 15 is 0 Å². The van der Waals surface area contributed by atoms with E-state index in [9.17, 15) is 9.59 Å². The summed E-state index contributed by atoms with van der Waals surface area (Å²) in [4.78, 5) is 26.9. The third-order valence-corrected chi connectivity index (χ3v) is 5.33. The minimum atomic E-state index is -0.418. The fourth-order valence-electron chi connectivity index (χ4n) is 2.64. The molecular formula is C21H23N3O4S. The van der Waals surface area contributed by atoms with Gasteiger partial charge in [0, 0.05) is 12.6 Å². The van der Waals surface area contributed by atoms with E-state index in [0.29, 0.717) is 30.4 Å². The molecule has 0 aliphatic rings. The molecule has 1 N–H and O–H groups in total. The number of amides is 2. The molecule has 3 rings (SSSR count). The highest BCUT2D eigenvalue weighted by atomic mass is 32.2. The van der Waals surface area contributed by atoms with Crippen molar-refractivity contribution in [2.45, 2.75) is 32.2 Å². The molecule has 152 valence electrons. The zero-order valence-corrected chi connectivity index (χ0v) is 17.1. The van der Waals surface area contributed by atoms with E-state index in [0.717, 1.165) is 5.56 Å². The number of aryl methyl sites for hydroxylation is 1. The maximum absolute atomic E-state index is 12.9. The van der Waals surface area contributed by atoms with Crippen molar-refractivity contribution in [1.29, 1.82) is 0 Å². The van der Waals surface area contributed by atoms with E-state index in [-0.39, 0.29) is 17.6 Å². The summed E-state index contributed by atoms with van der Waals surface area (Å²) in [5, 5.41) is 6.02. The number of thioether (sulfide) groups is 1. The molecule has 8 heteroatoms. The molecule has 0 saturated carbocycles. The van der Waals surface area contributed by atoms with Crippen molar-refractivity contribution in [2.75, 3.05) is 11.1 Å². The third-order valence-electron chi connectivity index (χ3n) is 4.20. The van der Waals surface area contributed by atoms with Gasteiger partial charge in [-0.05, 0) is 31.5 Å². The Labute approximate surface area is 173 Å². The zero-order valence-electron chi connectivity index (χ0n) is 16.3. The Morgan fingerprint density at radius 1 is 1.17 bits per heavy atom. The Balaban J connectivity index is 1.57. The molecule has 0 fully saturated rings. The maximum atomic E-state index is 12.9. The Bertz CT molecular complexity index is 925. The average molecular weight is 413 g/mol. The maximum Gasteiger partial charge on any atom is 0.238 e. The minimum Gasteiger partial charge on any atom is -0.467 e. The monoisotopic (exact) mass is 413 g/mol. The summed E-state index contributed by atoms with van der Waals surface area (Å²) in [7, 11) is 0. The topological polar surface area (TPSA) is 88.6 Å². The summed E-state index contributed by atoms with van der Waals surface area (Å²) in [6, 6.07) is 15.1. The van der Waals surface area contributed by atoms with Crippen LogP contribution in [0.3, 0.4) is 0 Å². The molecule has 0 aliphatic carbocycles. The lowest BCUT2D eigenvalue weighted by Gasteiger charge is -2.22. The summed E-state index contributed by atoms with van der Waals surface area (Å²) in [5.74, 6) is 1.59. The molecule has 7 nitrogen and oxygen atoms in total. The molecule has 1 unspecified atom stereocenters. The van der Waals surface area contributed by atoms with Gasteiger partial charge >= 0.3 is 0 Å². The van der Waals surface area contributed by atoms with Gasteiger partial charge in [-0.3, -0.25) is 9.59 Å². The van der Waals surface area contributed by atoms with Crippen LogP contribution in [0.1, 0.15) is 24.0 Å². The Morgan fingerprint density at radius 3 is 2.62 bits per heavy atom. The molecule has 0 saturated heterocycles. The second-order valence-electron chi connectivity index (χ2n) is 6.58. The second-order valence-corrected chi connectivity index (χ2v) is 7.91. The van der Waals surface area contributed by atoms with Crippen LogP contribution < -0.4 is 5.32 Å². The lowest BCUT2D eigenvalue weighted by Crippen LogP contribution is -2.33. The molecular weight excluding hydrogens is 390 g/mol. The van der Waals surface area contributed by atoms with E-state index in [1.165, 1.54) is 11.8 Å². The minimum absolute atomic E-state index is 0.0628. The number of aromatic nitrogens is 1. The van der Waals surface area contributed by atoms with E-state index in [1.54, 1.807) is 37.1 Å². The summed E-state index contributed by atoms with van der Waals surface area (Å²) in [6.45, 7) is 4.36. The van der Waals surface area contributed by atoms with Gasteiger partial charge in [0.25, 0.3) is 0 Å². The lowest BCUT2D eigenvalue weighted by molar-refractivity contribution is -0.129. The van der Waals surface area contributed by atoms with Gasteiger partial charge in [0.05, 0.1) is 23.8 Å². The molecule has 0 aliphatic heterocycles. The number of hydrogen-bond donors (Lipinski definition) is 1. The zero-order chi connectivity index (χ0) is 20.6. The van der Waals surface area contributed by atoms with Crippen molar-refractivity contribution in [2.24, 2.45) is 0 Å². The highest BCUT2D eigenvalue weighted by molar-refractivity contribution is 8.01. The first kappa shape index (κ1) is 20.7. The predicted molar refractivity (Wildman–Crippen MR) is 111 cm³/mol. The molecule has 0 spiro atoms. The first-order valence-corrected chi connectivity index (χ1v) is 10.3. The largest absolute Gasteiger partial charge is 0.467 e. The van der Waals surface area contributed by atoms with E-state index in [1.807, 2.05) is 36.4 Å². The van der Waals surface area contributed by atoms with Crippen molar-refractivity contribution in [3.8, 4) is 0 Å². The molecule has 2 heterocycles. The van der Waals surface area contributed by atoms with Crippen LogP contribution >= 0.6 is 11.8 Å². The summed E-state index contributed by atoms with van der Waals surface area (Å²) < 4.78 is 10.3. The third kappa shape index (κ3) is 6.25. The number of furan rings is 1. The standard InChI is InChI=1S/C21H23N3O4S/c1-15-11-19(23-28-15)22-21(26)16(2)29-14-20(25)24(13-18-9-6-10-27-18)12-17-7-4-3-5-8-17/h3-11,16H,12-14H2,1-2H3,(H,22,23,26). The van der Waals surface area contributed by atoms with Gasteiger partial charge in [-0.15, -0.1) is 11.8 Å².